The maximum atomic E-state index is 12.4. The average molecular weight is 414 g/mol. The minimum Gasteiger partial charge on any atom is -0.493 e. The van der Waals surface area contributed by atoms with E-state index in [9.17, 15) is 9.59 Å². The number of hydrogen-bond acceptors (Lipinski definition) is 5. The molecule has 2 amide bonds. The molecule has 24 heavy (non-hydrogen) atoms. The minimum absolute atomic E-state index is 0.00333. The molecule has 1 saturated heterocycles. The molecule has 1 aliphatic rings. The van der Waals surface area contributed by atoms with Crippen LogP contribution in [0.3, 0.4) is 0 Å². The zero-order chi connectivity index (χ0) is 18.0. The van der Waals surface area contributed by atoms with Gasteiger partial charge in [-0.1, -0.05) is 0 Å². The van der Waals surface area contributed by atoms with Crippen LogP contribution in [0.25, 0.3) is 6.08 Å². The van der Waals surface area contributed by atoms with Gasteiger partial charge in [0.05, 0.1) is 22.6 Å². The number of ether oxygens (including phenoxy) is 2. The first-order valence-electron chi connectivity index (χ1n) is 7.55. The van der Waals surface area contributed by atoms with Gasteiger partial charge in [-0.3, -0.25) is 14.5 Å². The molecule has 2 rings (SSSR count). The fraction of sp³-hybridized carbons (Fsp3) is 0.412. The van der Waals surface area contributed by atoms with Crippen LogP contribution in [-0.2, 0) is 4.79 Å². The molecule has 0 N–H and O–H groups in total. The summed E-state index contributed by atoms with van der Waals surface area (Å²) in [5, 5.41) is -0.243. The largest absolute Gasteiger partial charge is 0.493 e. The van der Waals surface area contributed by atoms with Gasteiger partial charge in [-0.05, 0) is 79.2 Å². The lowest BCUT2D eigenvalue weighted by atomic mass is 10.1. The van der Waals surface area contributed by atoms with Crippen molar-refractivity contribution in [3.63, 3.8) is 0 Å². The standard InChI is InChI=1S/C17H20BrNO4S/c1-9(2)19-16(20)14(24-17(19)21)8-11-6-12(18)15(23-10(3)4)13(7-11)22-5/h6-10H,1-5H3/b14-8+. The molecule has 0 spiro atoms. The van der Waals surface area contributed by atoms with E-state index in [1.807, 2.05) is 33.8 Å². The summed E-state index contributed by atoms with van der Waals surface area (Å²) in [4.78, 5) is 26.0. The van der Waals surface area contributed by atoms with Crippen LogP contribution in [0.4, 0.5) is 4.79 Å². The predicted octanol–water partition coefficient (Wildman–Crippen LogP) is 4.69. The number of hydrogen-bond donors (Lipinski definition) is 0. The number of amides is 2. The lowest BCUT2D eigenvalue weighted by Crippen LogP contribution is -2.34. The Kier molecular flexibility index (Phi) is 5.98. The maximum absolute atomic E-state index is 12.4. The van der Waals surface area contributed by atoms with E-state index in [4.69, 9.17) is 9.47 Å². The molecule has 130 valence electrons. The number of carbonyl (C=O) groups excluding carboxylic acids is 2. The van der Waals surface area contributed by atoms with E-state index in [1.165, 1.54) is 4.90 Å². The second-order valence-electron chi connectivity index (χ2n) is 5.85. The summed E-state index contributed by atoms with van der Waals surface area (Å²) < 4.78 is 11.9. The highest BCUT2D eigenvalue weighted by Gasteiger charge is 2.36. The van der Waals surface area contributed by atoms with Crippen LogP contribution in [0.15, 0.2) is 21.5 Å². The van der Waals surface area contributed by atoms with Gasteiger partial charge in [0.15, 0.2) is 11.5 Å². The van der Waals surface area contributed by atoms with Crippen LogP contribution >= 0.6 is 27.7 Å². The summed E-state index contributed by atoms with van der Waals surface area (Å²) in [6.45, 7) is 7.50. The van der Waals surface area contributed by atoms with Crippen molar-refractivity contribution in [2.75, 3.05) is 7.11 Å². The molecule has 0 radical (unpaired) electrons. The summed E-state index contributed by atoms with van der Waals surface area (Å²) in [5.41, 5.74) is 0.754. The highest BCUT2D eigenvalue weighted by Crippen LogP contribution is 2.39. The number of rotatable bonds is 5. The zero-order valence-electron chi connectivity index (χ0n) is 14.3. The SMILES string of the molecule is COc1cc(/C=C2/SC(=O)N(C(C)C)C2=O)cc(Br)c1OC(C)C. The molecule has 0 unspecified atom stereocenters. The van der Waals surface area contributed by atoms with Crippen LogP contribution in [0.5, 0.6) is 11.5 Å². The number of imide groups is 1. The third-order valence-corrected chi connectivity index (χ3v) is 4.72. The Bertz CT molecular complexity index is 700. The molecule has 0 saturated carbocycles. The number of thioether (sulfide) groups is 1. The molecule has 0 aromatic heterocycles. The Morgan fingerprint density at radius 3 is 2.38 bits per heavy atom. The van der Waals surface area contributed by atoms with Gasteiger partial charge in [-0.25, -0.2) is 0 Å². The summed E-state index contributed by atoms with van der Waals surface area (Å²) in [6, 6.07) is 3.46. The third kappa shape index (κ3) is 3.95. The fourth-order valence-electron chi connectivity index (χ4n) is 2.25. The van der Waals surface area contributed by atoms with E-state index in [2.05, 4.69) is 15.9 Å². The number of nitrogens with zero attached hydrogens (tertiary/aromatic N) is 1. The normalized spacial score (nSPS) is 16.7. The first-order chi connectivity index (χ1) is 11.2. The number of halogens is 1. The lowest BCUT2D eigenvalue weighted by Gasteiger charge is -2.16. The van der Waals surface area contributed by atoms with Crippen LogP contribution in [0, 0.1) is 0 Å². The molecule has 0 atom stereocenters. The van der Waals surface area contributed by atoms with Gasteiger partial charge in [0, 0.05) is 6.04 Å². The van der Waals surface area contributed by atoms with Gasteiger partial charge in [0.25, 0.3) is 11.1 Å². The van der Waals surface area contributed by atoms with Crippen molar-refractivity contribution in [2.24, 2.45) is 0 Å². The van der Waals surface area contributed by atoms with E-state index in [0.29, 0.717) is 16.4 Å². The van der Waals surface area contributed by atoms with Gasteiger partial charge in [0.2, 0.25) is 0 Å². The van der Waals surface area contributed by atoms with Gasteiger partial charge < -0.3 is 9.47 Å². The third-order valence-electron chi connectivity index (χ3n) is 3.24. The second kappa shape index (κ2) is 7.61. The first kappa shape index (κ1) is 18.9. The highest BCUT2D eigenvalue weighted by atomic mass is 79.9. The lowest BCUT2D eigenvalue weighted by molar-refractivity contribution is -0.123. The molecule has 1 aliphatic heterocycles. The smallest absolute Gasteiger partial charge is 0.293 e. The van der Waals surface area contributed by atoms with Gasteiger partial charge in [-0.15, -0.1) is 0 Å². The Morgan fingerprint density at radius 1 is 1.21 bits per heavy atom. The molecule has 7 heteroatoms. The number of benzene rings is 1. The van der Waals surface area contributed by atoms with E-state index >= 15 is 0 Å². The van der Waals surface area contributed by atoms with Crippen molar-refractivity contribution in [3.05, 3.63) is 27.1 Å². The number of methoxy groups -OCH3 is 1. The fourth-order valence-corrected chi connectivity index (χ4v) is 3.76. The Labute approximate surface area is 154 Å². The van der Waals surface area contributed by atoms with Gasteiger partial charge >= 0.3 is 0 Å². The highest BCUT2D eigenvalue weighted by molar-refractivity contribution is 9.10. The van der Waals surface area contributed by atoms with E-state index < -0.39 is 0 Å². The molecular formula is C17H20BrNO4S. The first-order valence-corrected chi connectivity index (χ1v) is 9.16. The minimum atomic E-state index is -0.266. The molecule has 1 aromatic carbocycles. The van der Waals surface area contributed by atoms with Crippen molar-refractivity contribution in [1.29, 1.82) is 0 Å². The van der Waals surface area contributed by atoms with Crippen molar-refractivity contribution in [1.82, 2.24) is 4.90 Å². The van der Waals surface area contributed by atoms with E-state index in [0.717, 1.165) is 21.8 Å². The monoisotopic (exact) mass is 413 g/mol. The van der Waals surface area contributed by atoms with Crippen molar-refractivity contribution in [3.8, 4) is 11.5 Å². The predicted molar refractivity (Wildman–Crippen MR) is 99.4 cm³/mol. The summed E-state index contributed by atoms with van der Waals surface area (Å²) >= 11 is 4.43. The average Bonchev–Trinajstić information content (AvgIpc) is 2.75. The van der Waals surface area contributed by atoms with Gasteiger partial charge in [-0.2, -0.15) is 0 Å². The topological polar surface area (TPSA) is 55.8 Å². The van der Waals surface area contributed by atoms with Crippen LogP contribution in [-0.4, -0.2) is 35.3 Å². The van der Waals surface area contributed by atoms with Crippen LogP contribution < -0.4 is 9.47 Å². The molecule has 0 aliphatic carbocycles. The zero-order valence-corrected chi connectivity index (χ0v) is 16.7. The maximum Gasteiger partial charge on any atom is 0.293 e. The number of carbonyl (C=O) groups is 2. The Balaban J connectivity index is 2.39. The van der Waals surface area contributed by atoms with Crippen molar-refractivity contribution < 1.29 is 19.1 Å². The van der Waals surface area contributed by atoms with Gasteiger partial charge in [0.1, 0.15) is 0 Å². The molecule has 1 aromatic rings. The Morgan fingerprint density at radius 2 is 1.88 bits per heavy atom. The molecule has 1 heterocycles. The van der Waals surface area contributed by atoms with E-state index in [1.54, 1.807) is 19.3 Å². The van der Waals surface area contributed by atoms with Crippen molar-refractivity contribution in [2.45, 2.75) is 39.8 Å². The van der Waals surface area contributed by atoms with Crippen LogP contribution in [0.1, 0.15) is 33.3 Å². The molecular weight excluding hydrogens is 394 g/mol. The van der Waals surface area contributed by atoms with E-state index in [-0.39, 0.29) is 23.3 Å². The van der Waals surface area contributed by atoms with Crippen LogP contribution in [0.2, 0.25) is 0 Å². The molecule has 5 nitrogen and oxygen atoms in total. The second-order valence-corrected chi connectivity index (χ2v) is 7.69. The summed E-state index contributed by atoms with van der Waals surface area (Å²) in [5.74, 6) is 0.907. The molecule has 0 bridgehead atoms. The summed E-state index contributed by atoms with van der Waals surface area (Å²) in [7, 11) is 1.56. The molecule has 1 fully saturated rings. The summed E-state index contributed by atoms with van der Waals surface area (Å²) in [6.07, 6.45) is 1.70. The Hall–Kier alpha value is -1.47. The quantitative estimate of drug-likeness (QED) is 0.655. The van der Waals surface area contributed by atoms with Crippen molar-refractivity contribution >= 4 is 44.9 Å².